The van der Waals surface area contributed by atoms with Crippen LogP contribution in [0.2, 0.25) is 0 Å². The summed E-state index contributed by atoms with van der Waals surface area (Å²) >= 11 is 3.42. The molecule has 178 valence electrons. The minimum Gasteiger partial charge on any atom is -0.489 e. The summed E-state index contributed by atoms with van der Waals surface area (Å²) in [6.07, 6.45) is 2.43. The van der Waals surface area contributed by atoms with E-state index in [0.717, 1.165) is 16.5 Å². The predicted octanol–water partition coefficient (Wildman–Crippen LogP) is 6.04. The second-order valence-electron chi connectivity index (χ2n) is 8.09. The lowest BCUT2D eigenvalue weighted by molar-refractivity contribution is -0.384. The molecule has 0 aliphatic heterocycles. The van der Waals surface area contributed by atoms with Gasteiger partial charge in [-0.15, -0.1) is 0 Å². The summed E-state index contributed by atoms with van der Waals surface area (Å²) in [7, 11) is 0. The zero-order valence-electron chi connectivity index (χ0n) is 19.2. The fraction of sp³-hybridized carbons (Fsp3) is 0.192. The fourth-order valence-corrected chi connectivity index (χ4v) is 3.84. The number of hydrogen-bond donors (Lipinski definition) is 0. The number of aromatic nitrogens is 2. The number of hydrogen-bond acceptors (Lipinski definition) is 6. The molecule has 0 saturated heterocycles. The average Bonchev–Trinajstić information content (AvgIpc) is 2.87. The van der Waals surface area contributed by atoms with Crippen LogP contribution in [0.25, 0.3) is 10.9 Å². The highest BCUT2D eigenvalue weighted by Crippen LogP contribution is 2.21. The topological polar surface area (TPSA) is 99.6 Å². The van der Waals surface area contributed by atoms with E-state index in [-0.39, 0.29) is 23.8 Å². The molecular weight excluding hydrogens is 512 g/mol. The van der Waals surface area contributed by atoms with Crippen molar-refractivity contribution in [2.45, 2.75) is 32.8 Å². The zero-order valence-corrected chi connectivity index (χ0v) is 20.8. The largest absolute Gasteiger partial charge is 0.489 e. The molecule has 0 aliphatic carbocycles. The van der Waals surface area contributed by atoms with Crippen molar-refractivity contribution in [2.75, 3.05) is 0 Å². The summed E-state index contributed by atoms with van der Waals surface area (Å²) in [5, 5.41) is 15.9. The molecule has 0 spiro atoms. The number of non-ortho nitro benzene ring substituents is 1. The third-order valence-electron chi connectivity index (χ3n) is 5.62. The van der Waals surface area contributed by atoms with Crippen molar-refractivity contribution in [1.29, 1.82) is 0 Å². The van der Waals surface area contributed by atoms with E-state index >= 15 is 0 Å². The van der Waals surface area contributed by atoms with E-state index < -0.39 is 4.92 Å². The molecule has 0 bridgehead atoms. The summed E-state index contributed by atoms with van der Waals surface area (Å²) in [5.74, 6) is 1.28. The Balaban J connectivity index is 1.55. The number of ether oxygens (including phenoxy) is 1. The number of nitro groups is 1. The van der Waals surface area contributed by atoms with Gasteiger partial charge in [0.1, 0.15) is 18.2 Å². The van der Waals surface area contributed by atoms with E-state index in [2.05, 4.69) is 21.0 Å². The summed E-state index contributed by atoms with van der Waals surface area (Å²) in [5.41, 5.74) is 1.94. The molecule has 0 fully saturated rings. The minimum absolute atomic E-state index is 0.0280. The minimum atomic E-state index is -0.431. The van der Waals surface area contributed by atoms with Crippen LogP contribution in [0.15, 0.2) is 81.1 Å². The third-order valence-corrected chi connectivity index (χ3v) is 6.11. The first-order chi connectivity index (χ1) is 16.9. The molecule has 1 heterocycles. The van der Waals surface area contributed by atoms with Crippen molar-refractivity contribution < 1.29 is 9.66 Å². The van der Waals surface area contributed by atoms with Crippen LogP contribution in [0, 0.1) is 10.1 Å². The molecule has 3 aromatic carbocycles. The summed E-state index contributed by atoms with van der Waals surface area (Å²) in [4.78, 5) is 28.4. The Bertz CT molecular complexity index is 1460. The lowest BCUT2D eigenvalue weighted by Gasteiger charge is -2.14. The van der Waals surface area contributed by atoms with E-state index in [1.165, 1.54) is 16.8 Å². The van der Waals surface area contributed by atoms with Crippen molar-refractivity contribution in [3.63, 3.8) is 0 Å². The summed E-state index contributed by atoms with van der Waals surface area (Å²) < 4.78 is 7.92. The summed E-state index contributed by atoms with van der Waals surface area (Å²) in [6, 6.07) is 19.0. The molecule has 1 atom stereocenters. The number of halogens is 1. The Morgan fingerprint density at radius 2 is 1.94 bits per heavy atom. The van der Waals surface area contributed by atoms with Gasteiger partial charge in [-0.05, 0) is 60.0 Å². The molecule has 0 aliphatic rings. The van der Waals surface area contributed by atoms with Crippen molar-refractivity contribution in [3.05, 3.63) is 109 Å². The maximum absolute atomic E-state index is 13.2. The first-order valence-corrected chi connectivity index (χ1v) is 11.9. The normalized spacial score (nSPS) is 12.2. The molecule has 4 rings (SSSR count). The molecule has 35 heavy (non-hydrogen) atoms. The van der Waals surface area contributed by atoms with Crippen LogP contribution in [0.4, 0.5) is 5.69 Å². The van der Waals surface area contributed by atoms with Crippen LogP contribution in [-0.4, -0.2) is 20.8 Å². The maximum atomic E-state index is 13.2. The lowest BCUT2D eigenvalue weighted by Crippen LogP contribution is -2.23. The second kappa shape index (κ2) is 10.6. The highest BCUT2D eigenvalue weighted by Gasteiger charge is 2.15. The SMILES string of the molecule is CC[C@H](C)c1nc2ccc(Br)cc2c(=O)n1N=Cc1ccc(OCc2cccc([N+](=O)[O-])c2)cc1. The van der Waals surface area contributed by atoms with Crippen molar-refractivity contribution >= 4 is 38.7 Å². The number of rotatable bonds is 8. The lowest BCUT2D eigenvalue weighted by atomic mass is 10.1. The first-order valence-electron chi connectivity index (χ1n) is 11.1. The van der Waals surface area contributed by atoms with Crippen molar-refractivity contribution in [3.8, 4) is 5.75 Å². The highest BCUT2D eigenvalue weighted by atomic mass is 79.9. The van der Waals surface area contributed by atoms with E-state index in [1.54, 1.807) is 36.5 Å². The first kappa shape index (κ1) is 24.3. The van der Waals surface area contributed by atoms with E-state index in [0.29, 0.717) is 28.0 Å². The summed E-state index contributed by atoms with van der Waals surface area (Å²) in [6.45, 7) is 4.27. The number of nitro benzene ring substituents is 1. The molecule has 8 nitrogen and oxygen atoms in total. The number of nitrogens with zero attached hydrogens (tertiary/aromatic N) is 4. The van der Waals surface area contributed by atoms with Crippen LogP contribution < -0.4 is 10.3 Å². The van der Waals surface area contributed by atoms with Crippen LogP contribution in [0.5, 0.6) is 5.75 Å². The Morgan fingerprint density at radius 1 is 1.17 bits per heavy atom. The molecular formula is C26H23BrN4O4. The Labute approximate surface area is 210 Å². The molecule has 1 aromatic heterocycles. The Kier molecular flexibility index (Phi) is 7.36. The highest BCUT2D eigenvalue weighted by molar-refractivity contribution is 9.10. The van der Waals surface area contributed by atoms with Gasteiger partial charge >= 0.3 is 0 Å². The maximum Gasteiger partial charge on any atom is 0.282 e. The smallest absolute Gasteiger partial charge is 0.282 e. The van der Waals surface area contributed by atoms with Gasteiger partial charge in [0.15, 0.2) is 0 Å². The van der Waals surface area contributed by atoms with Crippen molar-refractivity contribution in [2.24, 2.45) is 5.10 Å². The van der Waals surface area contributed by atoms with Gasteiger partial charge < -0.3 is 4.74 Å². The zero-order chi connectivity index (χ0) is 24.9. The molecule has 0 unspecified atom stereocenters. The predicted molar refractivity (Wildman–Crippen MR) is 139 cm³/mol. The van der Waals surface area contributed by atoms with Gasteiger partial charge in [0.05, 0.1) is 22.0 Å². The van der Waals surface area contributed by atoms with E-state index in [9.17, 15) is 14.9 Å². The van der Waals surface area contributed by atoms with Crippen LogP contribution in [0.3, 0.4) is 0 Å². The van der Waals surface area contributed by atoms with Crippen LogP contribution in [0.1, 0.15) is 43.1 Å². The van der Waals surface area contributed by atoms with Gasteiger partial charge in [-0.25, -0.2) is 4.98 Å². The average molecular weight is 535 g/mol. The van der Waals surface area contributed by atoms with E-state index in [1.807, 2.05) is 38.1 Å². The van der Waals surface area contributed by atoms with Crippen LogP contribution in [-0.2, 0) is 6.61 Å². The molecule has 0 saturated carbocycles. The number of fused-ring (bicyclic) bond motifs is 1. The van der Waals surface area contributed by atoms with Gasteiger partial charge in [0.2, 0.25) is 0 Å². The Hall–Kier alpha value is -3.85. The second-order valence-corrected chi connectivity index (χ2v) is 9.00. The van der Waals surface area contributed by atoms with Gasteiger partial charge in [-0.3, -0.25) is 14.9 Å². The van der Waals surface area contributed by atoms with Crippen molar-refractivity contribution in [1.82, 2.24) is 9.66 Å². The quantitative estimate of drug-likeness (QED) is 0.156. The van der Waals surface area contributed by atoms with Gasteiger partial charge in [0.25, 0.3) is 11.2 Å². The van der Waals surface area contributed by atoms with Gasteiger partial charge in [-0.1, -0.05) is 41.9 Å². The number of benzene rings is 3. The fourth-order valence-electron chi connectivity index (χ4n) is 3.48. The van der Waals surface area contributed by atoms with Gasteiger partial charge in [-0.2, -0.15) is 9.78 Å². The molecule has 4 aromatic rings. The van der Waals surface area contributed by atoms with Gasteiger partial charge in [0, 0.05) is 22.5 Å². The monoisotopic (exact) mass is 534 g/mol. The molecule has 0 amide bonds. The third kappa shape index (κ3) is 5.63. The Morgan fingerprint density at radius 3 is 2.66 bits per heavy atom. The van der Waals surface area contributed by atoms with E-state index in [4.69, 9.17) is 9.72 Å². The molecule has 0 radical (unpaired) electrons. The standard InChI is InChI=1S/C26H23BrN4O4/c1-3-17(2)25-29-24-12-9-20(27)14-23(24)26(32)30(25)28-15-18-7-10-22(11-8-18)35-16-19-5-4-6-21(13-19)31(33)34/h4-15,17H,3,16H2,1-2H3/t17-/m0/s1. The molecule has 0 N–H and O–H groups in total. The molecule has 9 heteroatoms. The van der Waals surface area contributed by atoms with Crippen LogP contribution >= 0.6 is 15.9 Å².